The number of amides is 1. The Morgan fingerprint density at radius 2 is 1.88 bits per heavy atom. The number of anilines is 1. The van der Waals surface area contributed by atoms with Gasteiger partial charge in [-0.1, -0.05) is 25.6 Å². The molecule has 0 aliphatic heterocycles. The molecule has 0 aliphatic rings. The van der Waals surface area contributed by atoms with Gasteiger partial charge in [0.25, 0.3) is 0 Å². The number of nitrogens with zero attached hydrogens (tertiary/aromatic N) is 3. The summed E-state index contributed by atoms with van der Waals surface area (Å²) in [6, 6.07) is 7.00. The van der Waals surface area contributed by atoms with Gasteiger partial charge in [0.05, 0.1) is 5.75 Å². The van der Waals surface area contributed by atoms with Crippen LogP contribution in [0.25, 0.3) is 0 Å². The number of benzene rings is 1. The fourth-order valence-corrected chi connectivity index (χ4v) is 3.31. The van der Waals surface area contributed by atoms with Crippen molar-refractivity contribution in [2.75, 3.05) is 11.1 Å². The highest BCUT2D eigenvalue weighted by Crippen LogP contribution is 2.19. The molecule has 7 heteroatoms. The minimum Gasteiger partial charge on any atom is -0.326 e. The lowest BCUT2D eigenvalue weighted by atomic mass is 10.1. The highest BCUT2D eigenvalue weighted by molar-refractivity contribution is 7.99. The molecule has 2 aromatic rings. The van der Waals surface area contributed by atoms with Crippen LogP contribution in [0.3, 0.4) is 0 Å². The highest BCUT2D eigenvalue weighted by Gasteiger charge is 2.12. The van der Waals surface area contributed by atoms with Crippen LogP contribution >= 0.6 is 11.8 Å². The van der Waals surface area contributed by atoms with Crippen LogP contribution in [-0.4, -0.2) is 32.2 Å². The summed E-state index contributed by atoms with van der Waals surface area (Å²) in [4.78, 5) is 24.1. The number of ketones is 1. The fraction of sp³-hybridized carbons (Fsp3) is 0.444. The molecule has 25 heavy (non-hydrogen) atoms. The fourth-order valence-electron chi connectivity index (χ4n) is 2.37. The van der Waals surface area contributed by atoms with Crippen LogP contribution in [0, 0.1) is 12.8 Å². The van der Waals surface area contributed by atoms with E-state index in [1.165, 1.54) is 11.8 Å². The Morgan fingerprint density at radius 1 is 1.20 bits per heavy atom. The van der Waals surface area contributed by atoms with Gasteiger partial charge in [-0.2, -0.15) is 0 Å². The summed E-state index contributed by atoms with van der Waals surface area (Å²) in [5.74, 6) is 1.47. The Balaban J connectivity index is 1.92. The number of rotatable bonds is 8. The Kier molecular flexibility index (Phi) is 6.75. The van der Waals surface area contributed by atoms with Crippen LogP contribution in [0.5, 0.6) is 0 Å². The maximum absolute atomic E-state index is 12.3. The van der Waals surface area contributed by atoms with E-state index in [2.05, 4.69) is 15.5 Å². The zero-order valence-electron chi connectivity index (χ0n) is 15.1. The first-order valence-electron chi connectivity index (χ1n) is 8.36. The number of nitrogens with one attached hydrogen (secondary N) is 1. The summed E-state index contributed by atoms with van der Waals surface area (Å²) in [7, 11) is 0. The molecule has 0 fully saturated rings. The number of carbonyl (C=O) groups excluding carboxylic acids is 2. The van der Waals surface area contributed by atoms with Gasteiger partial charge in [0.15, 0.2) is 10.9 Å². The monoisotopic (exact) mass is 360 g/mol. The number of hydrogen-bond donors (Lipinski definition) is 1. The van der Waals surface area contributed by atoms with E-state index in [1.54, 1.807) is 24.3 Å². The van der Waals surface area contributed by atoms with Crippen molar-refractivity contribution >= 4 is 29.1 Å². The first-order valence-corrected chi connectivity index (χ1v) is 9.35. The third-order valence-corrected chi connectivity index (χ3v) is 4.60. The second-order valence-electron chi connectivity index (χ2n) is 6.21. The zero-order valence-corrected chi connectivity index (χ0v) is 15.9. The van der Waals surface area contributed by atoms with E-state index < -0.39 is 0 Å². The summed E-state index contributed by atoms with van der Waals surface area (Å²) >= 11 is 1.39. The van der Waals surface area contributed by atoms with Gasteiger partial charge in [-0.15, -0.1) is 10.2 Å². The average Bonchev–Trinajstić information content (AvgIpc) is 2.92. The first kappa shape index (κ1) is 19.2. The quantitative estimate of drug-likeness (QED) is 0.575. The van der Waals surface area contributed by atoms with Gasteiger partial charge in [0, 0.05) is 24.2 Å². The zero-order chi connectivity index (χ0) is 18.4. The predicted molar refractivity (Wildman–Crippen MR) is 100 cm³/mol. The van der Waals surface area contributed by atoms with E-state index in [0.717, 1.165) is 17.5 Å². The van der Waals surface area contributed by atoms with E-state index >= 15 is 0 Å². The van der Waals surface area contributed by atoms with E-state index in [1.807, 2.05) is 32.3 Å². The van der Waals surface area contributed by atoms with E-state index in [9.17, 15) is 9.59 Å². The van der Waals surface area contributed by atoms with Crippen molar-refractivity contribution < 1.29 is 9.59 Å². The molecule has 1 heterocycles. The third-order valence-electron chi connectivity index (χ3n) is 3.63. The number of aryl methyl sites for hydroxylation is 1. The van der Waals surface area contributed by atoms with Gasteiger partial charge in [0.1, 0.15) is 5.82 Å². The molecule has 0 radical (unpaired) electrons. The van der Waals surface area contributed by atoms with Crippen molar-refractivity contribution in [1.29, 1.82) is 0 Å². The summed E-state index contributed by atoms with van der Waals surface area (Å²) < 4.78 is 1.98. The maximum Gasteiger partial charge on any atom is 0.224 e. The molecular formula is C18H24N4O2S. The Bertz CT molecular complexity index is 738. The summed E-state index contributed by atoms with van der Waals surface area (Å²) in [5, 5.41) is 11.7. The van der Waals surface area contributed by atoms with E-state index in [-0.39, 0.29) is 11.7 Å². The molecule has 2 rings (SSSR count). The van der Waals surface area contributed by atoms with Crippen molar-refractivity contribution in [1.82, 2.24) is 14.8 Å². The summed E-state index contributed by atoms with van der Waals surface area (Å²) in [6.45, 7) is 8.70. The number of Topliss-reactive ketones (excluding diaryl/α,β-unsaturated/α-hetero) is 1. The maximum atomic E-state index is 12.3. The summed E-state index contributed by atoms with van der Waals surface area (Å²) in [5.41, 5.74) is 1.32. The van der Waals surface area contributed by atoms with Crippen molar-refractivity contribution in [3.63, 3.8) is 0 Å². The molecule has 0 aliphatic carbocycles. The normalized spacial score (nSPS) is 10.9. The van der Waals surface area contributed by atoms with E-state index in [4.69, 9.17) is 0 Å². The van der Waals surface area contributed by atoms with Crippen molar-refractivity contribution in [3.8, 4) is 0 Å². The molecular weight excluding hydrogens is 336 g/mol. The van der Waals surface area contributed by atoms with Crippen molar-refractivity contribution in [2.45, 2.75) is 45.8 Å². The predicted octanol–water partition coefficient (Wildman–Crippen LogP) is 3.57. The van der Waals surface area contributed by atoms with Crippen LogP contribution in [0.15, 0.2) is 29.4 Å². The van der Waals surface area contributed by atoms with E-state index in [0.29, 0.717) is 29.3 Å². The number of carbonyl (C=O) groups is 2. The highest BCUT2D eigenvalue weighted by atomic mass is 32.2. The second-order valence-corrected chi connectivity index (χ2v) is 7.15. The lowest BCUT2D eigenvalue weighted by Crippen LogP contribution is -2.14. The molecule has 1 aromatic heterocycles. The average molecular weight is 360 g/mol. The molecule has 0 bridgehead atoms. The van der Waals surface area contributed by atoms with Crippen LogP contribution in [0.4, 0.5) is 5.69 Å². The number of hydrogen-bond acceptors (Lipinski definition) is 5. The molecule has 134 valence electrons. The van der Waals surface area contributed by atoms with Gasteiger partial charge in [-0.05, 0) is 44.0 Å². The van der Waals surface area contributed by atoms with Crippen LogP contribution in [-0.2, 0) is 11.3 Å². The topological polar surface area (TPSA) is 76.9 Å². The molecule has 0 unspecified atom stereocenters. The second kappa shape index (κ2) is 8.80. The molecule has 0 saturated carbocycles. The molecule has 6 nitrogen and oxygen atoms in total. The molecule has 1 N–H and O–H groups in total. The molecule has 0 atom stereocenters. The molecule has 0 spiro atoms. The van der Waals surface area contributed by atoms with Crippen LogP contribution in [0.2, 0.25) is 0 Å². The number of thioether (sulfide) groups is 1. The molecule has 1 aromatic carbocycles. The Morgan fingerprint density at radius 3 is 2.48 bits per heavy atom. The van der Waals surface area contributed by atoms with Gasteiger partial charge >= 0.3 is 0 Å². The Hall–Kier alpha value is -2.15. The van der Waals surface area contributed by atoms with Gasteiger partial charge in [-0.3, -0.25) is 9.59 Å². The van der Waals surface area contributed by atoms with Crippen LogP contribution in [0.1, 0.15) is 43.4 Å². The number of aromatic nitrogens is 3. The minimum atomic E-state index is -0.0149. The lowest BCUT2D eigenvalue weighted by molar-refractivity contribution is -0.116. The minimum absolute atomic E-state index is 0.0149. The lowest BCUT2D eigenvalue weighted by Gasteiger charge is -2.08. The summed E-state index contributed by atoms with van der Waals surface area (Å²) in [6.07, 6.45) is 0.481. The molecule has 1 amide bonds. The van der Waals surface area contributed by atoms with Gasteiger partial charge in [-0.25, -0.2) is 0 Å². The van der Waals surface area contributed by atoms with Crippen molar-refractivity contribution in [3.05, 3.63) is 35.7 Å². The third kappa shape index (κ3) is 5.42. The smallest absolute Gasteiger partial charge is 0.224 e. The SMILES string of the molecule is CCn1c(C)nnc1SCC(=O)c1ccc(NC(=O)CC(C)C)cc1. The largest absolute Gasteiger partial charge is 0.326 e. The van der Waals surface area contributed by atoms with Gasteiger partial charge < -0.3 is 9.88 Å². The van der Waals surface area contributed by atoms with Crippen molar-refractivity contribution in [2.24, 2.45) is 5.92 Å². The van der Waals surface area contributed by atoms with Gasteiger partial charge in [0.2, 0.25) is 5.91 Å². The van der Waals surface area contributed by atoms with Crippen LogP contribution < -0.4 is 5.32 Å². The first-order chi connectivity index (χ1) is 11.9. The Labute approximate surface area is 152 Å². The standard InChI is InChI=1S/C18H24N4O2S/c1-5-22-13(4)20-21-18(22)25-11-16(23)14-6-8-15(9-7-14)19-17(24)10-12(2)3/h6-9,12H,5,10-11H2,1-4H3,(H,19,24). The molecule has 0 saturated heterocycles.